The Kier molecular flexibility index (Phi) is 5.44. The fourth-order valence-electron chi connectivity index (χ4n) is 3.52. The normalized spacial score (nSPS) is 10.7. The molecule has 0 radical (unpaired) electrons. The highest BCUT2D eigenvalue weighted by Gasteiger charge is 2.07. The van der Waals surface area contributed by atoms with Crippen molar-refractivity contribution in [1.29, 1.82) is 0 Å². The lowest BCUT2D eigenvalue weighted by Crippen LogP contribution is -1.97. The van der Waals surface area contributed by atoms with Crippen LogP contribution >= 0.6 is 0 Å². The molecule has 0 aliphatic carbocycles. The maximum absolute atomic E-state index is 13.2. The molecule has 0 N–H and O–H groups in total. The second-order valence-electron chi connectivity index (χ2n) is 7.29. The number of hydrogen-bond acceptors (Lipinski definition) is 1. The van der Waals surface area contributed by atoms with E-state index in [9.17, 15) is 4.39 Å². The van der Waals surface area contributed by atoms with Gasteiger partial charge in [0.2, 0.25) is 0 Å². The lowest BCUT2D eigenvalue weighted by molar-refractivity contribution is 0.304. The van der Waals surface area contributed by atoms with Crippen molar-refractivity contribution in [3.63, 3.8) is 0 Å². The second-order valence-corrected chi connectivity index (χ2v) is 7.29. The summed E-state index contributed by atoms with van der Waals surface area (Å²) in [6.45, 7) is 4.72. The van der Waals surface area contributed by atoms with Gasteiger partial charge in [0.15, 0.2) is 0 Å². The molecule has 0 amide bonds. The minimum absolute atomic E-state index is 0.215. The molecular weight excluding hydrogens is 359 g/mol. The first-order valence-corrected chi connectivity index (χ1v) is 9.74. The van der Waals surface area contributed by atoms with E-state index in [1.807, 2.05) is 36.4 Å². The Morgan fingerprint density at radius 2 is 1.28 bits per heavy atom. The fraction of sp³-hybridized carbons (Fsp3) is 0.111. The molecule has 0 saturated carbocycles. The molecule has 0 saturated heterocycles. The van der Waals surface area contributed by atoms with Crippen molar-refractivity contribution < 1.29 is 9.13 Å². The predicted octanol–water partition coefficient (Wildman–Crippen LogP) is 7.36. The maximum Gasteiger partial charge on any atom is 0.123 e. The van der Waals surface area contributed by atoms with Crippen LogP contribution in [0.2, 0.25) is 0 Å². The van der Waals surface area contributed by atoms with Crippen LogP contribution in [0.15, 0.2) is 91.0 Å². The standard InChI is InChI=1S/C27H23FO/c1-19-16-23(10-14-26(19)22-8-12-25(28)13-9-22)24-11-15-27(20(2)17-24)29-18-21-6-4-3-5-7-21/h3-17H,18H2,1-2H3. The average molecular weight is 382 g/mol. The first kappa shape index (κ1) is 18.9. The number of hydrogen-bond donors (Lipinski definition) is 0. The molecule has 0 heterocycles. The van der Waals surface area contributed by atoms with E-state index in [0.717, 1.165) is 44.7 Å². The van der Waals surface area contributed by atoms with Gasteiger partial charge < -0.3 is 4.74 Å². The van der Waals surface area contributed by atoms with Crippen LogP contribution in [-0.4, -0.2) is 0 Å². The van der Waals surface area contributed by atoms with Crippen LogP contribution in [-0.2, 0) is 6.61 Å². The highest BCUT2D eigenvalue weighted by molar-refractivity contribution is 5.74. The summed E-state index contributed by atoms with van der Waals surface area (Å²) in [6.07, 6.45) is 0. The summed E-state index contributed by atoms with van der Waals surface area (Å²) in [5.74, 6) is 0.685. The molecule has 0 aromatic heterocycles. The van der Waals surface area contributed by atoms with Gasteiger partial charge in [-0.2, -0.15) is 0 Å². The second kappa shape index (κ2) is 8.32. The molecule has 0 aliphatic rings. The summed E-state index contributed by atoms with van der Waals surface area (Å²) < 4.78 is 19.2. The summed E-state index contributed by atoms with van der Waals surface area (Å²) in [6, 6.07) is 29.5. The zero-order valence-electron chi connectivity index (χ0n) is 16.7. The van der Waals surface area contributed by atoms with Crippen molar-refractivity contribution in [2.45, 2.75) is 20.5 Å². The van der Waals surface area contributed by atoms with Crippen LogP contribution in [0.5, 0.6) is 5.75 Å². The Morgan fingerprint density at radius 1 is 0.655 bits per heavy atom. The molecule has 4 aromatic rings. The van der Waals surface area contributed by atoms with Crippen molar-refractivity contribution in [1.82, 2.24) is 0 Å². The zero-order valence-corrected chi connectivity index (χ0v) is 16.7. The molecule has 0 aliphatic heterocycles. The molecule has 0 unspecified atom stereocenters. The summed E-state index contributed by atoms with van der Waals surface area (Å²) in [5.41, 5.74) is 7.89. The highest BCUT2D eigenvalue weighted by atomic mass is 19.1. The minimum atomic E-state index is -0.215. The van der Waals surface area contributed by atoms with Crippen LogP contribution in [0.25, 0.3) is 22.3 Å². The summed E-state index contributed by atoms with van der Waals surface area (Å²) >= 11 is 0. The van der Waals surface area contributed by atoms with E-state index < -0.39 is 0 Å². The van der Waals surface area contributed by atoms with Crippen LogP contribution < -0.4 is 4.74 Å². The first-order chi connectivity index (χ1) is 14.1. The topological polar surface area (TPSA) is 9.23 Å². The van der Waals surface area contributed by atoms with Crippen molar-refractivity contribution in [2.75, 3.05) is 0 Å². The van der Waals surface area contributed by atoms with E-state index in [2.05, 4.69) is 56.3 Å². The van der Waals surface area contributed by atoms with Crippen molar-refractivity contribution in [3.8, 4) is 28.0 Å². The van der Waals surface area contributed by atoms with E-state index in [1.54, 1.807) is 0 Å². The predicted molar refractivity (Wildman–Crippen MR) is 118 cm³/mol. The molecule has 0 fully saturated rings. The Balaban J connectivity index is 1.54. The van der Waals surface area contributed by atoms with E-state index in [1.165, 1.54) is 12.1 Å². The van der Waals surface area contributed by atoms with Gasteiger partial charge in [-0.1, -0.05) is 66.7 Å². The van der Waals surface area contributed by atoms with Gasteiger partial charge >= 0.3 is 0 Å². The third kappa shape index (κ3) is 4.38. The van der Waals surface area contributed by atoms with Crippen LogP contribution in [0.4, 0.5) is 4.39 Å². The molecule has 1 nitrogen and oxygen atoms in total. The van der Waals surface area contributed by atoms with E-state index in [4.69, 9.17) is 4.74 Å². The Bertz CT molecular complexity index is 1120. The van der Waals surface area contributed by atoms with Crippen LogP contribution in [0.3, 0.4) is 0 Å². The average Bonchev–Trinajstić information content (AvgIpc) is 2.74. The van der Waals surface area contributed by atoms with Gasteiger partial charge in [-0.25, -0.2) is 4.39 Å². The number of aryl methyl sites for hydroxylation is 2. The molecule has 144 valence electrons. The molecule has 4 aromatic carbocycles. The van der Waals surface area contributed by atoms with Crippen molar-refractivity contribution in [3.05, 3.63) is 114 Å². The molecule has 0 atom stereocenters. The number of rotatable bonds is 5. The van der Waals surface area contributed by atoms with Crippen LogP contribution in [0, 0.1) is 19.7 Å². The number of ether oxygens (including phenoxy) is 1. The van der Waals surface area contributed by atoms with Gasteiger partial charge in [-0.05, 0) is 77.1 Å². The minimum Gasteiger partial charge on any atom is -0.489 e. The summed E-state index contributed by atoms with van der Waals surface area (Å²) in [5, 5.41) is 0. The van der Waals surface area contributed by atoms with Gasteiger partial charge in [0.1, 0.15) is 18.2 Å². The third-order valence-corrected chi connectivity index (χ3v) is 5.13. The quantitative estimate of drug-likeness (QED) is 0.350. The van der Waals surface area contributed by atoms with Crippen LogP contribution in [0.1, 0.15) is 16.7 Å². The molecule has 4 rings (SSSR count). The Hall–Kier alpha value is -3.39. The summed E-state index contributed by atoms with van der Waals surface area (Å²) in [7, 11) is 0. The Morgan fingerprint density at radius 3 is 1.93 bits per heavy atom. The maximum atomic E-state index is 13.2. The van der Waals surface area contributed by atoms with Gasteiger partial charge in [-0.15, -0.1) is 0 Å². The lowest BCUT2D eigenvalue weighted by atomic mass is 9.95. The van der Waals surface area contributed by atoms with Crippen molar-refractivity contribution in [2.24, 2.45) is 0 Å². The van der Waals surface area contributed by atoms with E-state index >= 15 is 0 Å². The number of halogens is 1. The lowest BCUT2D eigenvalue weighted by Gasteiger charge is -2.13. The van der Waals surface area contributed by atoms with E-state index in [-0.39, 0.29) is 5.82 Å². The molecule has 29 heavy (non-hydrogen) atoms. The van der Waals surface area contributed by atoms with Gasteiger partial charge in [0.05, 0.1) is 0 Å². The first-order valence-electron chi connectivity index (χ1n) is 9.74. The molecule has 0 bridgehead atoms. The highest BCUT2D eigenvalue weighted by Crippen LogP contribution is 2.31. The summed E-state index contributed by atoms with van der Waals surface area (Å²) in [4.78, 5) is 0. The SMILES string of the molecule is Cc1cc(-c2ccc(-c3ccc(F)cc3)c(C)c2)ccc1OCc1ccccc1. The van der Waals surface area contributed by atoms with Gasteiger partial charge in [-0.3, -0.25) is 0 Å². The monoisotopic (exact) mass is 382 g/mol. The third-order valence-electron chi connectivity index (χ3n) is 5.13. The van der Waals surface area contributed by atoms with E-state index in [0.29, 0.717) is 6.61 Å². The Labute approximate surface area is 171 Å². The smallest absolute Gasteiger partial charge is 0.123 e. The molecular formula is C27H23FO. The van der Waals surface area contributed by atoms with Gasteiger partial charge in [0.25, 0.3) is 0 Å². The molecule has 2 heteroatoms. The molecule has 0 spiro atoms. The zero-order chi connectivity index (χ0) is 20.2. The van der Waals surface area contributed by atoms with Crippen molar-refractivity contribution >= 4 is 0 Å². The fourth-order valence-corrected chi connectivity index (χ4v) is 3.52. The number of benzene rings is 4. The van der Waals surface area contributed by atoms with Gasteiger partial charge in [0, 0.05) is 0 Å². The largest absolute Gasteiger partial charge is 0.489 e.